The van der Waals surface area contributed by atoms with Crippen LogP contribution in [0.3, 0.4) is 0 Å². The van der Waals surface area contributed by atoms with Gasteiger partial charge in [0.05, 0.1) is 0 Å². The van der Waals surface area contributed by atoms with Crippen LogP contribution >= 0.6 is 0 Å². The Morgan fingerprint density at radius 2 is 0.857 bits per heavy atom. The van der Waals surface area contributed by atoms with Gasteiger partial charge in [-0.25, -0.2) is 0 Å². The molecule has 0 spiro atoms. The van der Waals surface area contributed by atoms with Gasteiger partial charge < -0.3 is 0 Å². The van der Waals surface area contributed by atoms with Gasteiger partial charge in [0, 0.05) is 11.1 Å². The summed E-state index contributed by atoms with van der Waals surface area (Å²) >= 11 is 0. The standard InChI is InChI=1S/C14H14/c1-7-13-9(3)11(5)14(8-2)12(6)10(13)4/h1-2H,3-6H3. The van der Waals surface area contributed by atoms with Crippen LogP contribution in [-0.4, -0.2) is 0 Å². The van der Waals surface area contributed by atoms with Crippen LogP contribution in [0.4, 0.5) is 0 Å². The highest BCUT2D eigenvalue weighted by Gasteiger charge is 2.11. The van der Waals surface area contributed by atoms with Crippen molar-refractivity contribution in [2.75, 3.05) is 0 Å². The fourth-order valence-electron chi connectivity index (χ4n) is 1.75. The fourth-order valence-corrected chi connectivity index (χ4v) is 1.75. The molecule has 0 heteroatoms. The molecule has 1 rings (SSSR count). The maximum absolute atomic E-state index is 5.48. The first-order valence-electron chi connectivity index (χ1n) is 4.58. The van der Waals surface area contributed by atoms with Crippen LogP contribution in [0.5, 0.6) is 0 Å². The van der Waals surface area contributed by atoms with Crippen molar-refractivity contribution in [3.05, 3.63) is 33.4 Å². The smallest absolute Gasteiger partial charge is 0.0307 e. The number of hydrogen-bond donors (Lipinski definition) is 0. The zero-order valence-corrected chi connectivity index (χ0v) is 9.15. The maximum atomic E-state index is 5.48. The summed E-state index contributed by atoms with van der Waals surface area (Å²) in [5.74, 6) is 5.46. The van der Waals surface area contributed by atoms with Gasteiger partial charge in [0.15, 0.2) is 0 Å². The first-order valence-corrected chi connectivity index (χ1v) is 4.58. The van der Waals surface area contributed by atoms with Crippen LogP contribution in [0, 0.1) is 52.4 Å². The average molecular weight is 182 g/mol. The quantitative estimate of drug-likeness (QED) is 0.541. The molecule has 0 aliphatic rings. The van der Waals surface area contributed by atoms with Crippen molar-refractivity contribution in [1.82, 2.24) is 0 Å². The molecule has 0 fully saturated rings. The summed E-state index contributed by atoms with van der Waals surface area (Å²) in [6.07, 6.45) is 11.0. The summed E-state index contributed by atoms with van der Waals surface area (Å²) in [7, 11) is 0. The van der Waals surface area contributed by atoms with Crippen molar-refractivity contribution in [1.29, 1.82) is 0 Å². The van der Waals surface area contributed by atoms with Gasteiger partial charge in [-0.2, -0.15) is 0 Å². The average Bonchev–Trinajstić information content (AvgIpc) is 2.17. The van der Waals surface area contributed by atoms with Crippen molar-refractivity contribution in [3.63, 3.8) is 0 Å². The number of terminal acetylenes is 2. The Kier molecular flexibility index (Phi) is 2.68. The molecule has 0 aromatic heterocycles. The fraction of sp³-hybridized carbons (Fsp3) is 0.286. The van der Waals surface area contributed by atoms with E-state index in [-0.39, 0.29) is 0 Å². The molecule has 0 saturated carbocycles. The Bertz CT molecular complexity index is 388. The number of hydrogen-bond acceptors (Lipinski definition) is 0. The predicted octanol–water partition coefficient (Wildman–Crippen LogP) is 2.88. The molecule has 14 heavy (non-hydrogen) atoms. The first-order chi connectivity index (χ1) is 6.54. The van der Waals surface area contributed by atoms with Crippen molar-refractivity contribution in [2.45, 2.75) is 27.7 Å². The molecule has 0 aliphatic heterocycles. The van der Waals surface area contributed by atoms with Gasteiger partial charge in [0.2, 0.25) is 0 Å². The van der Waals surface area contributed by atoms with Gasteiger partial charge in [-0.05, 0) is 49.9 Å². The molecule has 0 bridgehead atoms. The monoisotopic (exact) mass is 182 g/mol. The van der Waals surface area contributed by atoms with Crippen LogP contribution in [0.15, 0.2) is 0 Å². The third-order valence-corrected chi connectivity index (χ3v) is 2.91. The van der Waals surface area contributed by atoms with Crippen molar-refractivity contribution in [3.8, 4) is 24.7 Å². The van der Waals surface area contributed by atoms with Gasteiger partial charge in [-0.1, -0.05) is 11.8 Å². The Balaban J connectivity index is 3.77. The van der Waals surface area contributed by atoms with E-state index in [1.54, 1.807) is 0 Å². The highest BCUT2D eigenvalue weighted by molar-refractivity contribution is 5.60. The lowest BCUT2D eigenvalue weighted by molar-refractivity contribution is 1.20. The Morgan fingerprint density at radius 1 is 0.643 bits per heavy atom. The van der Waals surface area contributed by atoms with E-state index in [9.17, 15) is 0 Å². The lowest BCUT2D eigenvalue weighted by Crippen LogP contribution is -2.00. The van der Waals surface area contributed by atoms with Gasteiger partial charge in [-0.3, -0.25) is 0 Å². The first kappa shape index (κ1) is 10.4. The SMILES string of the molecule is C#Cc1c(C)c(C)c(C#C)c(C)c1C. The van der Waals surface area contributed by atoms with Crippen LogP contribution in [0.25, 0.3) is 0 Å². The van der Waals surface area contributed by atoms with Gasteiger partial charge in [0.1, 0.15) is 0 Å². The second kappa shape index (κ2) is 3.60. The molecule has 1 aromatic carbocycles. The van der Waals surface area contributed by atoms with Crippen LogP contribution in [-0.2, 0) is 0 Å². The second-order valence-corrected chi connectivity index (χ2v) is 3.54. The Morgan fingerprint density at radius 3 is 1.00 bits per heavy atom. The minimum absolute atomic E-state index is 0.985. The molecule has 0 amide bonds. The van der Waals surface area contributed by atoms with E-state index in [1.165, 1.54) is 0 Å². The molecule has 0 saturated heterocycles. The molecular weight excluding hydrogens is 168 g/mol. The van der Waals surface area contributed by atoms with E-state index in [0.717, 1.165) is 33.4 Å². The largest absolute Gasteiger partial charge is 0.115 e. The maximum Gasteiger partial charge on any atom is 0.0307 e. The third kappa shape index (κ3) is 1.30. The highest BCUT2D eigenvalue weighted by atomic mass is 14.1. The Labute approximate surface area is 86.3 Å². The van der Waals surface area contributed by atoms with Crippen LogP contribution in [0.2, 0.25) is 0 Å². The minimum atomic E-state index is 0.985. The molecule has 0 atom stereocenters. The number of benzene rings is 1. The normalized spacial score (nSPS) is 9.29. The summed E-state index contributed by atoms with van der Waals surface area (Å²) < 4.78 is 0. The summed E-state index contributed by atoms with van der Waals surface area (Å²) in [4.78, 5) is 0. The molecule has 0 aliphatic carbocycles. The molecule has 0 radical (unpaired) electrons. The summed E-state index contributed by atoms with van der Waals surface area (Å²) in [5, 5.41) is 0. The Hall–Kier alpha value is -1.66. The van der Waals surface area contributed by atoms with E-state index in [1.807, 2.05) is 27.7 Å². The van der Waals surface area contributed by atoms with Crippen LogP contribution in [0.1, 0.15) is 33.4 Å². The van der Waals surface area contributed by atoms with Crippen molar-refractivity contribution >= 4 is 0 Å². The number of rotatable bonds is 0. The molecular formula is C14H14. The second-order valence-electron chi connectivity index (χ2n) is 3.54. The molecule has 0 nitrogen and oxygen atoms in total. The minimum Gasteiger partial charge on any atom is -0.115 e. The lowest BCUT2D eigenvalue weighted by atomic mass is 9.89. The molecule has 0 unspecified atom stereocenters. The zero-order valence-electron chi connectivity index (χ0n) is 9.15. The molecule has 70 valence electrons. The van der Waals surface area contributed by atoms with E-state index in [0.29, 0.717) is 0 Å². The predicted molar refractivity (Wildman–Crippen MR) is 61.3 cm³/mol. The summed E-state index contributed by atoms with van der Waals surface area (Å²) in [6.45, 7) is 8.10. The molecule has 0 heterocycles. The van der Waals surface area contributed by atoms with Crippen LogP contribution < -0.4 is 0 Å². The summed E-state index contributed by atoms with van der Waals surface area (Å²) in [5.41, 5.74) is 6.48. The van der Waals surface area contributed by atoms with E-state index in [4.69, 9.17) is 12.8 Å². The summed E-state index contributed by atoms with van der Waals surface area (Å²) in [6, 6.07) is 0. The van der Waals surface area contributed by atoms with E-state index >= 15 is 0 Å². The van der Waals surface area contributed by atoms with E-state index in [2.05, 4.69) is 11.8 Å². The van der Waals surface area contributed by atoms with Gasteiger partial charge >= 0.3 is 0 Å². The zero-order chi connectivity index (χ0) is 10.9. The molecule has 1 aromatic rings. The lowest BCUT2D eigenvalue weighted by Gasteiger charge is -2.14. The van der Waals surface area contributed by atoms with Crippen molar-refractivity contribution in [2.24, 2.45) is 0 Å². The van der Waals surface area contributed by atoms with E-state index < -0.39 is 0 Å². The van der Waals surface area contributed by atoms with Gasteiger partial charge in [0.25, 0.3) is 0 Å². The highest BCUT2D eigenvalue weighted by Crippen LogP contribution is 2.25. The van der Waals surface area contributed by atoms with Gasteiger partial charge in [-0.15, -0.1) is 12.8 Å². The molecule has 0 N–H and O–H groups in total. The topological polar surface area (TPSA) is 0 Å². The third-order valence-electron chi connectivity index (χ3n) is 2.91. The van der Waals surface area contributed by atoms with Crippen molar-refractivity contribution < 1.29 is 0 Å².